The number of amides is 1. The zero-order chi connectivity index (χ0) is 16.1. The van der Waals surface area contributed by atoms with Crippen LogP contribution in [0.5, 0.6) is 5.75 Å². The van der Waals surface area contributed by atoms with Gasteiger partial charge in [0, 0.05) is 32.4 Å². The molecule has 5 nitrogen and oxygen atoms in total. The molecule has 0 aliphatic carbocycles. The third-order valence-corrected chi connectivity index (χ3v) is 3.39. The van der Waals surface area contributed by atoms with Crippen molar-refractivity contribution < 1.29 is 9.53 Å². The number of nitrogens with zero attached hydrogens (tertiary/aromatic N) is 2. The van der Waals surface area contributed by atoms with Crippen LogP contribution in [-0.2, 0) is 6.54 Å². The van der Waals surface area contributed by atoms with E-state index >= 15 is 0 Å². The summed E-state index contributed by atoms with van der Waals surface area (Å²) in [6, 6.07) is 9.27. The van der Waals surface area contributed by atoms with E-state index in [0.29, 0.717) is 17.9 Å². The number of methoxy groups -OCH3 is 1. The van der Waals surface area contributed by atoms with Crippen molar-refractivity contribution >= 4 is 11.7 Å². The number of ether oxygens (including phenoxy) is 1. The van der Waals surface area contributed by atoms with E-state index in [-0.39, 0.29) is 5.91 Å². The first-order chi connectivity index (χ1) is 10.5. The Hall–Kier alpha value is -2.56. The number of aryl methyl sites for hydroxylation is 1. The topological polar surface area (TPSA) is 54.5 Å². The zero-order valence-corrected chi connectivity index (χ0v) is 13.4. The quantitative estimate of drug-likeness (QED) is 0.921. The lowest BCUT2D eigenvalue weighted by Gasteiger charge is -2.13. The molecule has 1 aromatic carbocycles. The molecule has 0 saturated heterocycles. The molecular weight excluding hydrogens is 278 g/mol. The van der Waals surface area contributed by atoms with E-state index in [9.17, 15) is 4.79 Å². The number of nitrogens with one attached hydrogen (secondary N) is 1. The van der Waals surface area contributed by atoms with Crippen LogP contribution >= 0.6 is 0 Å². The minimum absolute atomic E-state index is 0.124. The predicted octanol–water partition coefficient (Wildman–Crippen LogP) is 2.39. The van der Waals surface area contributed by atoms with E-state index < -0.39 is 0 Å². The third kappa shape index (κ3) is 3.75. The van der Waals surface area contributed by atoms with E-state index in [1.807, 2.05) is 44.1 Å². The number of benzene rings is 1. The summed E-state index contributed by atoms with van der Waals surface area (Å²) in [5, 5.41) is 2.91. The highest BCUT2D eigenvalue weighted by Crippen LogP contribution is 2.19. The van der Waals surface area contributed by atoms with Crippen molar-refractivity contribution in [2.75, 3.05) is 26.1 Å². The Morgan fingerprint density at radius 1 is 1.27 bits per heavy atom. The fraction of sp³-hybridized carbons (Fsp3) is 0.294. The highest BCUT2D eigenvalue weighted by molar-refractivity contribution is 5.94. The van der Waals surface area contributed by atoms with Crippen molar-refractivity contribution in [3.8, 4) is 5.75 Å². The fourth-order valence-corrected chi connectivity index (χ4v) is 2.06. The summed E-state index contributed by atoms with van der Waals surface area (Å²) in [4.78, 5) is 18.4. The fourth-order valence-electron chi connectivity index (χ4n) is 2.06. The van der Waals surface area contributed by atoms with Crippen molar-refractivity contribution in [3.05, 3.63) is 53.2 Å². The zero-order valence-electron chi connectivity index (χ0n) is 13.4. The first kappa shape index (κ1) is 15.8. The maximum atomic E-state index is 12.2. The minimum atomic E-state index is -0.124. The Balaban J connectivity index is 2.05. The van der Waals surface area contributed by atoms with Gasteiger partial charge in [-0.05, 0) is 42.3 Å². The van der Waals surface area contributed by atoms with Gasteiger partial charge in [0.15, 0.2) is 0 Å². The van der Waals surface area contributed by atoms with Crippen LogP contribution in [0.1, 0.15) is 21.5 Å². The Kier molecular flexibility index (Phi) is 4.99. The smallest absolute Gasteiger partial charge is 0.251 e. The second kappa shape index (κ2) is 6.93. The molecule has 2 rings (SSSR count). The number of pyridine rings is 1. The number of aromatic nitrogens is 1. The molecule has 0 aliphatic heterocycles. The van der Waals surface area contributed by atoms with E-state index in [1.165, 1.54) is 0 Å². The number of anilines is 1. The van der Waals surface area contributed by atoms with Gasteiger partial charge in [0.1, 0.15) is 11.6 Å². The lowest BCUT2D eigenvalue weighted by atomic mass is 10.1. The lowest BCUT2D eigenvalue weighted by Crippen LogP contribution is -2.23. The normalized spacial score (nSPS) is 10.2. The van der Waals surface area contributed by atoms with E-state index in [1.54, 1.807) is 25.4 Å². The second-order valence-electron chi connectivity index (χ2n) is 5.28. The largest absolute Gasteiger partial charge is 0.496 e. The summed E-state index contributed by atoms with van der Waals surface area (Å²) in [6.45, 7) is 2.40. The molecule has 0 fully saturated rings. The highest BCUT2D eigenvalue weighted by atomic mass is 16.5. The van der Waals surface area contributed by atoms with Gasteiger partial charge in [0.05, 0.1) is 7.11 Å². The van der Waals surface area contributed by atoms with Crippen molar-refractivity contribution in [1.82, 2.24) is 10.3 Å². The summed E-state index contributed by atoms with van der Waals surface area (Å²) >= 11 is 0. The molecule has 1 heterocycles. The van der Waals surface area contributed by atoms with Crippen molar-refractivity contribution in [2.24, 2.45) is 0 Å². The number of rotatable bonds is 5. The van der Waals surface area contributed by atoms with E-state index in [2.05, 4.69) is 10.3 Å². The number of hydrogen-bond donors (Lipinski definition) is 1. The number of hydrogen-bond acceptors (Lipinski definition) is 4. The second-order valence-corrected chi connectivity index (χ2v) is 5.28. The molecule has 2 aromatic rings. The first-order valence-electron chi connectivity index (χ1n) is 7.06. The summed E-state index contributed by atoms with van der Waals surface area (Å²) in [5.74, 6) is 1.46. The maximum Gasteiger partial charge on any atom is 0.251 e. The molecule has 22 heavy (non-hydrogen) atoms. The number of carbonyl (C=O) groups excluding carboxylic acids is 1. The van der Waals surface area contributed by atoms with Crippen LogP contribution in [0.3, 0.4) is 0 Å². The number of carbonyl (C=O) groups is 1. The van der Waals surface area contributed by atoms with Crippen molar-refractivity contribution in [1.29, 1.82) is 0 Å². The Morgan fingerprint density at radius 2 is 2.05 bits per heavy atom. The molecule has 0 unspecified atom stereocenters. The Bertz CT molecular complexity index is 669. The van der Waals surface area contributed by atoms with Crippen LogP contribution in [0.15, 0.2) is 36.5 Å². The first-order valence-corrected chi connectivity index (χ1v) is 7.06. The van der Waals surface area contributed by atoms with Gasteiger partial charge >= 0.3 is 0 Å². The lowest BCUT2D eigenvalue weighted by molar-refractivity contribution is 0.0950. The monoisotopic (exact) mass is 299 g/mol. The van der Waals surface area contributed by atoms with Crippen molar-refractivity contribution in [3.63, 3.8) is 0 Å². The molecule has 116 valence electrons. The van der Waals surface area contributed by atoms with Crippen LogP contribution in [0.2, 0.25) is 0 Å². The molecule has 0 bridgehead atoms. The van der Waals surface area contributed by atoms with Gasteiger partial charge in [-0.25, -0.2) is 4.98 Å². The standard InChI is InChI=1S/C17H21N3O2/c1-12-5-6-14(10-15(12)22-4)17(21)19-11-13-7-8-18-16(9-13)20(2)3/h5-10H,11H2,1-4H3,(H,19,21). The molecule has 0 atom stereocenters. The van der Waals surface area contributed by atoms with E-state index in [0.717, 1.165) is 16.9 Å². The molecule has 0 spiro atoms. The van der Waals surface area contributed by atoms with Crippen LogP contribution < -0.4 is 15.0 Å². The molecule has 0 radical (unpaired) electrons. The van der Waals surface area contributed by atoms with Gasteiger partial charge in [-0.3, -0.25) is 4.79 Å². The van der Waals surface area contributed by atoms with Crippen molar-refractivity contribution in [2.45, 2.75) is 13.5 Å². The van der Waals surface area contributed by atoms with Gasteiger partial charge in [-0.2, -0.15) is 0 Å². The Morgan fingerprint density at radius 3 is 2.73 bits per heavy atom. The van der Waals surface area contributed by atoms with Crippen LogP contribution in [0.4, 0.5) is 5.82 Å². The SMILES string of the molecule is COc1cc(C(=O)NCc2ccnc(N(C)C)c2)ccc1C. The van der Waals surface area contributed by atoms with Gasteiger partial charge in [0.25, 0.3) is 5.91 Å². The molecular formula is C17H21N3O2. The third-order valence-electron chi connectivity index (χ3n) is 3.39. The summed E-state index contributed by atoms with van der Waals surface area (Å²) in [6.07, 6.45) is 1.74. The average molecular weight is 299 g/mol. The molecule has 5 heteroatoms. The maximum absolute atomic E-state index is 12.2. The molecule has 1 N–H and O–H groups in total. The van der Waals surface area contributed by atoms with Gasteiger partial charge in [0.2, 0.25) is 0 Å². The molecule has 0 aliphatic rings. The molecule has 1 amide bonds. The van der Waals surface area contributed by atoms with Crippen LogP contribution in [0.25, 0.3) is 0 Å². The average Bonchev–Trinajstić information content (AvgIpc) is 2.53. The molecule has 1 aromatic heterocycles. The molecule has 0 saturated carbocycles. The van der Waals surface area contributed by atoms with Gasteiger partial charge in [-0.1, -0.05) is 6.07 Å². The van der Waals surface area contributed by atoms with Gasteiger partial charge < -0.3 is 15.0 Å². The summed E-state index contributed by atoms with van der Waals surface area (Å²) in [5.41, 5.74) is 2.60. The van der Waals surface area contributed by atoms with E-state index in [4.69, 9.17) is 4.74 Å². The van der Waals surface area contributed by atoms with Crippen LogP contribution in [-0.4, -0.2) is 32.1 Å². The highest BCUT2D eigenvalue weighted by Gasteiger charge is 2.08. The summed E-state index contributed by atoms with van der Waals surface area (Å²) in [7, 11) is 5.47. The Labute approximate surface area is 130 Å². The van der Waals surface area contributed by atoms with Crippen LogP contribution in [0, 0.1) is 6.92 Å². The minimum Gasteiger partial charge on any atom is -0.496 e. The van der Waals surface area contributed by atoms with Gasteiger partial charge in [-0.15, -0.1) is 0 Å². The predicted molar refractivity (Wildman–Crippen MR) is 87.5 cm³/mol. The summed E-state index contributed by atoms with van der Waals surface area (Å²) < 4.78 is 5.25.